The molecule has 15 heavy (non-hydrogen) atoms. The van der Waals surface area contributed by atoms with E-state index in [1.807, 2.05) is 27.7 Å². The average Bonchev–Trinajstić information content (AvgIpc) is 2.09. The van der Waals surface area contributed by atoms with Crippen molar-refractivity contribution < 1.29 is 9.53 Å². The predicted octanol–water partition coefficient (Wildman–Crippen LogP) is 0.916. The highest BCUT2D eigenvalue weighted by molar-refractivity contribution is 5.81. The van der Waals surface area contributed by atoms with Crippen molar-refractivity contribution in [1.82, 2.24) is 10.6 Å². The van der Waals surface area contributed by atoms with Crippen molar-refractivity contribution >= 4 is 5.91 Å². The molecule has 0 saturated heterocycles. The maximum absolute atomic E-state index is 11.6. The van der Waals surface area contributed by atoms with Crippen LogP contribution in [-0.4, -0.2) is 37.7 Å². The maximum Gasteiger partial charge on any atom is 0.237 e. The molecule has 4 nitrogen and oxygen atoms in total. The topological polar surface area (TPSA) is 50.4 Å². The number of carbonyl (C=O) groups excluding carboxylic acids is 1. The number of hydrogen-bond acceptors (Lipinski definition) is 3. The van der Waals surface area contributed by atoms with Gasteiger partial charge < -0.3 is 15.4 Å². The Morgan fingerprint density at radius 1 is 1.40 bits per heavy atom. The summed E-state index contributed by atoms with van der Waals surface area (Å²) in [7, 11) is 1.68. The summed E-state index contributed by atoms with van der Waals surface area (Å²) in [4.78, 5) is 11.6. The van der Waals surface area contributed by atoms with E-state index in [0.29, 0.717) is 0 Å². The maximum atomic E-state index is 11.6. The minimum Gasteiger partial charge on any atom is -0.385 e. The Hall–Kier alpha value is -0.610. The zero-order chi connectivity index (χ0) is 11.9. The van der Waals surface area contributed by atoms with Crippen LogP contribution in [0, 0.1) is 0 Å². The molecule has 0 aromatic heterocycles. The Balaban J connectivity index is 3.70. The quantitative estimate of drug-likeness (QED) is 0.649. The lowest BCUT2D eigenvalue weighted by Crippen LogP contribution is -2.49. The fraction of sp³-hybridized carbons (Fsp3) is 0.909. The van der Waals surface area contributed by atoms with Crippen molar-refractivity contribution in [2.24, 2.45) is 0 Å². The first-order chi connectivity index (χ1) is 6.87. The van der Waals surface area contributed by atoms with Crippen molar-refractivity contribution in [2.75, 3.05) is 20.3 Å². The molecule has 0 aliphatic rings. The largest absolute Gasteiger partial charge is 0.385 e. The van der Waals surface area contributed by atoms with Crippen LogP contribution in [0.1, 0.15) is 34.1 Å². The Morgan fingerprint density at radius 2 is 2.00 bits per heavy atom. The fourth-order valence-electron chi connectivity index (χ4n) is 1.11. The predicted molar refractivity (Wildman–Crippen MR) is 61.9 cm³/mol. The molecule has 0 aliphatic carbocycles. The first-order valence-electron chi connectivity index (χ1n) is 5.41. The van der Waals surface area contributed by atoms with Crippen LogP contribution in [0.4, 0.5) is 0 Å². The summed E-state index contributed by atoms with van der Waals surface area (Å²) >= 11 is 0. The molecule has 2 N–H and O–H groups in total. The Kier molecular flexibility index (Phi) is 6.52. The summed E-state index contributed by atoms with van der Waals surface area (Å²) < 4.78 is 4.92. The number of rotatable bonds is 6. The van der Waals surface area contributed by atoms with Crippen LogP contribution < -0.4 is 10.6 Å². The normalized spacial score (nSPS) is 13.7. The Morgan fingerprint density at radius 3 is 2.47 bits per heavy atom. The first kappa shape index (κ1) is 14.4. The molecule has 0 spiro atoms. The Labute approximate surface area is 92.8 Å². The van der Waals surface area contributed by atoms with Crippen molar-refractivity contribution in [3.8, 4) is 0 Å². The van der Waals surface area contributed by atoms with Gasteiger partial charge in [-0.25, -0.2) is 0 Å². The van der Waals surface area contributed by atoms with Crippen LogP contribution in [0.25, 0.3) is 0 Å². The third-order valence-electron chi connectivity index (χ3n) is 1.87. The average molecular weight is 216 g/mol. The van der Waals surface area contributed by atoms with Crippen LogP contribution in [0.5, 0.6) is 0 Å². The smallest absolute Gasteiger partial charge is 0.237 e. The van der Waals surface area contributed by atoms with Crippen LogP contribution in [-0.2, 0) is 9.53 Å². The number of amides is 1. The molecule has 1 atom stereocenters. The third-order valence-corrected chi connectivity index (χ3v) is 1.87. The van der Waals surface area contributed by atoms with Gasteiger partial charge >= 0.3 is 0 Å². The van der Waals surface area contributed by atoms with Gasteiger partial charge in [0.2, 0.25) is 5.91 Å². The summed E-state index contributed by atoms with van der Waals surface area (Å²) in [6.07, 6.45) is 0.920. The number of ether oxygens (including phenoxy) is 1. The lowest BCUT2D eigenvalue weighted by molar-refractivity contribution is -0.124. The molecule has 4 heteroatoms. The molecule has 1 amide bonds. The molecule has 0 fully saturated rings. The highest BCUT2D eigenvalue weighted by Gasteiger charge is 2.18. The van der Waals surface area contributed by atoms with E-state index >= 15 is 0 Å². The summed E-state index contributed by atoms with van der Waals surface area (Å²) in [6, 6.07) is -0.152. The summed E-state index contributed by atoms with van der Waals surface area (Å²) in [5.41, 5.74) is -0.167. The van der Waals surface area contributed by atoms with Gasteiger partial charge in [0.05, 0.1) is 6.04 Å². The molecule has 0 bridgehead atoms. The highest BCUT2D eigenvalue weighted by Crippen LogP contribution is 1.99. The molecular weight excluding hydrogens is 192 g/mol. The molecule has 0 saturated carbocycles. The number of nitrogens with one attached hydrogen (secondary N) is 2. The summed E-state index contributed by atoms with van der Waals surface area (Å²) in [5, 5.41) is 6.07. The SMILES string of the molecule is COCCCNC(C)C(=O)NC(C)(C)C. The molecular formula is C11H24N2O2. The van der Waals surface area contributed by atoms with E-state index in [0.717, 1.165) is 19.6 Å². The fourth-order valence-corrected chi connectivity index (χ4v) is 1.11. The number of hydrogen-bond donors (Lipinski definition) is 2. The first-order valence-corrected chi connectivity index (χ1v) is 5.41. The van der Waals surface area contributed by atoms with E-state index in [1.165, 1.54) is 0 Å². The monoisotopic (exact) mass is 216 g/mol. The van der Waals surface area contributed by atoms with Crippen LogP contribution >= 0.6 is 0 Å². The van der Waals surface area contributed by atoms with Crippen LogP contribution in [0.2, 0.25) is 0 Å². The van der Waals surface area contributed by atoms with Gasteiger partial charge in [0.15, 0.2) is 0 Å². The molecule has 0 aromatic carbocycles. The van der Waals surface area contributed by atoms with Gasteiger partial charge in [-0.2, -0.15) is 0 Å². The molecule has 0 radical (unpaired) electrons. The Bertz CT molecular complexity index is 188. The lowest BCUT2D eigenvalue weighted by atomic mass is 10.1. The van der Waals surface area contributed by atoms with E-state index in [-0.39, 0.29) is 17.5 Å². The van der Waals surface area contributed by atoms with E-state index in [9.17, 15) is 4.79 Å². The minimum absolute atomic E-state index is 0.0416. The van der Waals surface area contributed by atoms with Crippen molar-refractivity contribution in [3.05, 3.63) is 0 Å². The second-order valence-corrected chi connectivity index (χ2v) is 4.76. The van der Waals surface area contributed by atoms with Gasteiger partial charge in [0.1, 0.15) is 0 Å². The minimum atomic E-state index is -0.167. The van der Waals surface area contributed by atoms with E-state index < -0.39 is 0 Å². The molecule has 0 heterocycles. The van der Waals surface area contributed by atoms with Gasteiger partial charge in [0.25, 0.3) is 0 Å². The molecule has 1 unspecified atom stereocenters. The third kappa shape index (κ3) is 8.39. The molecule has 0 rings (SSSR count). The second-order valence-electron chi connectivity index (χ2n) is 4.76. The highest BCUT2D eigenvalue weighted by atomic mass is 16.5. The van der Waals surface area contributed by atoms with Crippen molar-refractivity contribution in [3.63, 3.8) is 0 Å². The van der Waals surface area contributed by atoms with E-state index in [1.54, 1.807) is 7.11 Å². The van der Waals surface area contributed by atoms with Gasteiger partial charge in [-0.05, 0) is 40.7 Å². The van der Waals surface area contributed by atoms with Crippen molar-refractivity contribution in [1.29, 1.82) is 0 Å². The number of carbonyl (C=O) groups is 1. The van der Waals surface area contributed by atoms with Gasteiger partial charge in [0, 0.05) is 19.3 Å². The van der Waals surface area contributed by atoms with E-state index in [4.69, 9.17) is 4.74 Å². The molecule has 0 aromatic rings. The van der Waals surface area contributed by atoms with E-state index in [2.05, 4.69) is 10.6 Å². The van der Waals surface area contributed by atoms with Crippen molar-refractivity contribution in [2.45, 2.75) is 45.7 Å². The number of methoxy groups -OCH3 is 1. The molecule has 0 aliphatic heterocycles. The van der Waals surface area contributed by atoms with Gasteiger partial charge in [-0.1, -0.05) is 0 Å². The second kappa shape index (κ2) is 6.80. The lowest BCUT2D eigenvalue weighted by Gasteiger charge is -2.23. The standard InChI is InChI=1S/C11H24N2O2/c1-9(12-7-6-8-15-5)10(14)13-11(2,3)4/h9,12H,6-8H2,1-5H3,(H,13,14). The summed E-state index contributed by atoms with van der Waals surface area (Å²) in [5.74, 6) is 0.0416. The summed E-state index contributed by atoms with van der Waals surface area (Å²) in [6.45, 7) is 9.31. The van der Waals surface area contributed by atoms with Gasteiger partial charge in [-0.3, -0.25) is 4.79 Å². The van der Waals surface area contributed by atoms with Crippen LogP contribution in [0.3, 0.4) is 0 Å². The molecule has 90 valence electrons. The zero-order valence-corrected chi connectivity index (χ0v) is 10.5. The van der Waals surface area contributed by atoms with Gasteiger partial charge in [-0.15, -0.1) is 0 Å². The van der Waals surface area contributed by atoms with Crippen LogP contribution in [0.15, 0.2) is 0 Å². The zero-order valence-electron chi connectivity index (χ0n) is 10.5.